The third-order valence-corrected chi connectivity index (χ3v) is 12.9. The van der Waals surface area contributed by atoms with Crippen LogP contribution in [0.3, 0.4) is 0 Å². The first-order chi connectivity index (χ1) is 18.1. The smallest absolute Gasteiger partial charge is 0.158 e. The molecule has 4 aromatic rings. The van der Waals surface area contributed by atoms with Gasteiger partial charge in [-0.05, 0) is 86.0 Å². The lowest BCUT2D eigenvalue weighted by Gasteiger charge is -2.38. The highest BCUT2D eigenvalue weighted by molar-refractivity contribution is 7.91. The molecule has 5 heterocycles. The lowest BCUT2D eigenvalue weighted by molar-refractivity contribution is 0.148. The molecule has 1 saturated heterocycles. The zero-order chi connectivity index (χ0) is 26.5. The van der Waals surface area contributed by atoms with Crippen molar-refractivity contribution in [3.05, 3.63) is 39.7 Å². The largest absolute Gasteiger partial charge is 0.346 e. The van der Waals surface area contributed by atoms with Gasteiger partial charge in [0.25, 0.3) is 0 Å². The Balaban J connectivity index is 0.00000277. The van der Waals surface area contributed by atoms with Crippen LogP contribution in [-0.2, 0) is 9.84 Å². The molecule has 1 N–H and O–H groups in total. The summed E-state index contributed by atoms with van der Waals surface area (Å²) in [5.41, 5.74) is 8.66. The van der Waals surface area contributed by atoms with Gasteiger partial charge in [0.1, 0.15) is 11.2 Å². The number of nitrogens with one attached hydrogen (secondary N) is 1. The van der Waals surface area contributed by atoms with Crippen LogP contribution in [0, 0.1) is 32.6 Å². The van der Waals surface area contributed by atoms with Crippen molar-refractivity contribution in [3.63, 3.8) is 0 Å². The Bertz CT molecular complexity index is 1670. The van der Waals surface area contributed by atoms with Gasteiger partial charge in [-0.25, -0.2) is 17.9 Å². The molecule has 3 aliphatic rings. The molecule has 0 amide bonds. The lowest BCUT2D eigenvalue weighted by Crippen LogP contribution is -2.48. The molecule has 4 atom stereocenters. The predicted octanol–water partition coefficient (Wildman–Crippen LogP) is 5.85. The summed E-state index contributed by atoms with van der Waals surface area (Å²) in [6.07, 6.45) is 7.52. The maximum absolute atomic E-state index is 11.9. The van der Waals surface area contributed by atoms with Crippen molar-refractivity contribution >= 4 is 37.0 Å². The molecule has 2 bridgehead atoms. The molecule has 4 aromatic heterocycles. The number of rotatable bonds is 4. The van der Waals surface area contributed by atoms with Gasteiger partial charge in [0.05, 0.1) is 17.2 Å². The molecule has 1 aliphatic heterocycles. The molecule has 0 aromatic carbocycles. The molecule has 0 radical (unpaired) electrons. The van der Waals surface area contributed by atoms with Crippen LogP contribution >= 0.6 is 11.3 Å². The third kappa shape index (κ3) is 3.64. The molecule has 3 fully saturated rings. The van der Waals surface area contributed by atoms with Crippen LogP contribution < -0.4 is 0 Å². The molecule has 3 unspecified atom stereocenters. The summed E-state index contributed by atoms with van der Waals surface area (Å²) in [6, 6.07) is 0.577. The van der Waals surface area contributed by atoms with E-state index in [9.17, 15) is 8.42 Å². The van der Waals surface area contributed by atoms with Crippen molar-refractivity contribution in [2.45, 2.75) is 71.8 Å². The standard InChI is InChI=1S/C29H37N5O2S2.H2/c1-15(2)24-25-18(5)27(21-11-20-10-19(21)12-23(20)33-6-8-38(35,36)9-7-33)37-29(25)32-26(24)22-13-34-28(30-14-31-34)17(4)16(22)3;/h13-15,19-21,23,32H,6-12H2,1-5H3;1H/t19?,20-,21?,23?;/m0./s1. The fourth-order valence-electron chi connectivity index (χ4n) is 7.92. The van der Waals surface area contributed by atoms with E-state index in [2.05, 4.69) is 60.8 Å². The first kappa shape index (κ1) is 24.8. The third-order valence-electron chi connectivity index (χ3n) is 9.94. The molecule has 38 heavy (non-hydrogen) atoms. The molecule has 2 aliphatic carbocycles. The van der Waals surface area contributed by atoms with Gasteiger partial charge in [0, 0.05) is 42.6 Å². The number of aromatic nitrogens is 4. The highest BCUT2D eigenvalue weighted by atomic mass is 32.2. The molecule has 9 heteroatoms. The van der Waals surface area contributed by atoms with Crippen LogP contribution in [0.4, 0.5) is 0 Å². The second kappa shape index (κ2) is 8.63. The van der Waals surface area contributed by atoms with Crippen molar-refractivity contribution in [2.75, 3.05) is 24.6 Å². The van der Waals surface area contributed by atoms with Crippen LogP contribution in [0.25, 0.3) is 27.1 Å². The lowest BCUT2D eigenvalue weighted by atomic mass is 9.82. The number of nitrogens with zero attached hydrogens (tertiary/aromatic N) is 4. The minimum atomic E-state index is -2.83. The SMILES string of the molecule is Cc1c(-c2[nH]c3sc(C4C[C@@H]5CC4CC5N4CCS(=O)(=O)CC4)c(C)c3c2C(C)C)cn2ncnc2c1C.[HH]. The summed E-state index contributed by atoms with van der Waals surface area (Å²) in [4.78, 5) is 13.7. The number of sulfone groups is 1. The van der Waals surface area contributed by atoms with Gasteiger partial charge in [-0.1, -0.05) is 13.8 Å². The Morgan fingerprint density at radius 2 is 1.82 bits per heavy atom. The average molecular weight is 554 g/mol. The normalized spacial score (nSPS) is 27.4. The maximum Gasteiger partial charge on any atom is 0.158 e. The average Bonchev–Trinajstić information content (AvgIpc) is 3.68. The Kier molecular flexibility index (Phi) is 5.63. The highest BCUT2D eigenvalue weighted by Gasteiger charge is 2.49. The van der Waals surface area contributed by atoms with Gasteiger partial charge in [-0.3, -0.25) is 4.90 Å². The van der Waals surface area contributed by atoms with Crippen molar-refractivity contribution < 1.29 is 9.84 Å². The number of fused-ring (bicyclic) bond motifs is 4. The summed E-state index contributed by atoms with van der Waals surface area (Å²) in [5, 5.41) is 5.86. The molecule has 204 valence electrons. The van der Waals surface area contributed by atoms with E-state index in [1.54, 1.807) is 11.2 Å². The summed E-state index contributed by atoms with van der Waals surface area (Å²) in [7, 11) is -2.83. The number of hydrogen-bond acceptors (Lipinski definition) is 6. The second-order valence-electron chi connectivity index (χ2n) is 12.3. The minimum absolute atomic E-state index is 0. The van der Waals surface area contributed by atoms with Gasteiger partial charge in [0.15, 0.2) is 15.5 Å². The van der Waals surface area contributed by atoms with E-state index in [-0.39, 0.29) is 1.43 Å². The second-order valence-corrected chi connectivity index (χ2v) is 15.6. The van der Waals surface area contributed by atoms with Gasteiger partial charge in [-0.15, -0.1) is 11.3 Å². The number of aryl methyl sites for hydroxylation is 2. The van der Waals surface area contributed by atoms with Gasteiger partial charge in [0.2, 0.25) is 0 Å². The molecular formula is C29H39N5O2S2. The topological polar surface area (TPSA) is 83.4 Å². The Labute approximate surface area is 230 Å². The number of aromatic amines is 1. The molecule has 7 rings (SSSR count). The Morgan fingerprint density at radius 3 is 2.50 bits per heavy atom. The summed E-state index contributed by atoms with van der Waals surface area (Å²) in [6.45, 7) is 12.7. The fourth-order valence-corrected chi connectivity index (χ4v) is 10.6. The zero-order valence-electron chi connectivity index (χ0n) is 22.9. The molecular weight excluding hydrogens is 514 g/mol. The maximum atomic E-state index is 11.9. The molecule has 7 nitrogen and oxygen atoms in total. The number of hydrogen-bond donors (Lipinski definition) is 1. The quantitative estimate of drug-likeness (QED) is 0.343. The molecule has 0 spiro atoms. The molecule has 2 saturated carbocycles. The van der Waals surface area contributed by atoms with E-state index < -0.39 is 9.84 Å². The first-order valence-corrected chi connectivity index (χ1v) is 16.7. The van der Waals surface area contributed by atoms with Crippen molar-refractivity contribution in [1.29, 1.82) is 0 Å². The number of H-pyrrole nitrogens is 1. The van der Waals surface area contributed by atoms with E-state index in [1.807, 2.05) is 15.9 Å². The Morgan fingerprint density at radius 1 is 1.05 bits per heavy atom. The van der Waals surface area contributed by atoms with E-state index >= 15 is 0 Å². The van der Waals surface area contributed by atoms with Crippen LogP contribution in [0.2, 0.25) is 0 Å². The van der Waals surface area contributed by atoms with Gasteiger partial charge < -0.3 is 4.98 Å². The predicted molar refractivity (Wildman–Crippen MR) is 156 cm³/mol. The van der Waals surface area contributed by atoms with E-state index in [4.69, 9.17) is 0 Å². The summed E-state index contributed by atoms with van der Waals surface area (Å²) >= 11 is 1.98. The van der Waals surface area contributed by atoms with Crippen molar-refractivity contribution in [2.24, 2.45) is 11.8 Å². The fraction of sp³-hybridized carbons (Fsp3) is 0.586. The van der Waals surface area contributed by atoms with E-state index in [0.717, 1.165) is 18.7 Å². The van der Waals surface area contributed by atoms with Crippen LogP contribution in [0.5, 0.6) is 0 Å². The summed E-state index contributed by atoms with van der Waals surface area (Å²) in [5.74, 6) is 3.11. The van der Waals surface area contributed by atoms with E-state index in [1.165, 1.54) is 63.0 Å². The van der Waals surface area contributed by atoms with Crippen LogP contribution in [-0.4, -0.2) is 63.5 Å². The number of thiophene rings is 1. The highest BCUT2D eigenvalue weighted by Crippen LogP contribution is 2.57. The minimum Gasteiger partial charge on any atom is -0.346 e. The van der Waals surface area contributed by atoms with Crippen molar-refractivity contribution in [1.82, 2.24) is 24.5 Å². The van der Waals surface area contributed by atoms with Gasteiger partial charge in [-0.2, -0.15) is 5.10 Å². The number of pyridine rings is 1. The van der Waals surface area contributed by atoms with Crippen LogP contribution in [0.1, 0.15) is 73.5 Å². The van der Waals surface area contributed by atoms with Crippen molar-refractivity contribution in [3.8, 4) is 11.3 Å². The van der Waals surface area contributed by atoms with Gasteiger partial charge >= 0.3 is 0 Å². The summed E-state index contributed by atoms with van der Waals surface area (Å²) < 4.78 is 25.8. The Hall–Kier alpha value is -2.23. The first-order valence-electron chi connectivity index (χ1n) is 14.0. The van der Waals surface area contributed by atoms with E-state index in [0.29, 0.717) is 41.2 Å². The monoisotopic (exact) mass is 553 g/mol. The van der Waals surface area contributed by atoms with Crippen LogP contribution in [0.15, 0.2) is 12.5 Å². The zero-order valence-corrected chi connectivity index (χ0v) is 24.5.